The van der Waals surface area contributed by atoms with Crippen molar-refractivity contribution in [3.63, 3.8) is 0 Å². The lowest BCUT2D eigenvalue weighted by Crippen LogP contribution is -2.29. The van der Waals surface area contributed by atoms with Gasteiger partial charge >= 0.3 is 0 Å². The minimum absolute atomic E-state index is 0.405. The van der Waals surface area contributed by atoms with Crippen molar-refractivity contribution >= 4 is 33.3 Å². The molecule has 0 saturated heterocycles. The van der Waals surface area contributed by atoms with Crippen LogP contribution in [0.4, 0.5) is 5.69 Å². The maximum Gasteiger partial charge on any atom is 0.299 e. The Morgan fingerprint density at radius 3 is 2.60 bits per heavy atom. The summed E-state index contributed by atoms with van der Waals surface area (Å²) < 4.78 is 0.956. The fraction of sp³-hybridized carbons (Fsp3) is 0.125. The Hall–Kier alpha value is -1.94. The van der Waals surface area contributed by atoms with Crippen LogP contribution in [0.5, 0.6) is 0 Å². The van der Waals surface area contributed by atoms with Crippen LogP contribution in [0.2, 0.25) is 0 Å². The molecule has 2 aromatic rings. The number of aryl methyl sites for hydroxylation is 1. The summed E-state index contributed by atoms with van der Waals surface area (Å²) in [5, 5.41) is 0. The highest BCUT2D eigenvalue weighted by atomic mass is 79.9. The van der Waals surface area contributed by atoms with Gasteiger partial charge in [0.1, 0.15) is 0 Å². The number of nitrogens with zero attached hydrogens (tertiary/aromatic N) is 1. The topological polar surface area (TPSA) is 37.4 Å². The number of Topliss-reactive ketones (excluding diaryl/α,β-unsaturated/α-hetero) is 1. The number of ketones is 1. The summed E-state index contributed by atoms with van der Waals surface area (Å²) in [6, 6.07) is 13.2. The van der Waals surface area contributed by atoms with E-state index < -0.39 is 11.7 Å². The Bertz CT molecular complexity index is 724. The van der Waals surface area contributed by atoms with Crippen LogP contribution >= 0.6 is 15.9 Å². The van der Waals surface area contributed by atoms with Gasteiger partial charge in [-0.25, -0.2) is 0 Å². The first-order valence-corrected chi connectivity index (χ1v) is 7.07. The van der Waals surface area contributed by atoms with E-state index in [-0.39, 0.29) is 0 Å². The van der Waals surface area contributed by atoms with Gasteiger partial charge < -0.3 is 4.90 Å². The second kappa shape index (κ2) is 4.87. The van der Waals surface area contributed by atoms with Gasteiger partial charge in [-0.1, -0.05) is 40.2 Å². The van der Waals surface area contributed by atoms with Crippen molar-refractivity contribution in [1.29, 1.82) is 0 Å². The molecule has 1 aliphatic rings. The standard InChI is InChI=1S/C16H12BrNO2/c1-10-4-2-7-13-14(10)18(16(20)15(13)19)9-11-5-3-6-12(17)8-11/h2-8H,9H2,1H3. The highest BCUT2D eigenvalue weighted by Gasteiger charge is 2.36. The third kappa shape index (κ3) is 2.06. The fourth-order valence-electron chi connectivity index (χ4n) is 2.51. The molecule has 1 aliphatic heterocycles. The minimum Gasteiger partial charge on any atom is -0.300 e. The SMILES string of the molecule is Cc1cccc2c1N(Cc1cccc(Br)c1)C(=O)C2=O. The number of halogens is 1. The van der Waals surface area contributed by atoms with E-state index in [2.05, 4.69) is 15.9 Å². The molecule has 1 amide bonds. The van der Waals surface area contributed by atoms with E-state index in [4.69, 9.17) is 0 Å². The van der Waals surface area contributed by atoms with E-state index in [9.17, 15) is 9.59 Å². The third-order valence-electron chi connectivity index (χ3n) is 3.42. The van der Waals surface area contributed by atoms with E-state index in [1.807, 2.05) is 43.3 Å². The molecule has 20 heavy (non-hydrogen) atoms. The van der Waals surface area contributed by atoms with Crippen molar-refractivity contribution < 1.29 is 9.59 Å². The molecule has 0 atom stereocenters. The quantitative estimate of drug-likeness (QED) is 0.791. The van der Waals surface area contributed by atoms with Crippen molar-refractivity contribution in [2.45, 2.75) is 13.5 Å². The number of hydrogen-bond acceptors (Lipinski definition) is 2. The maximum atomic E-state index is 12.2. The molecule has 0 spiro atoms. The van der Waals surface area contributed by atoms with Crippen LogP contribution in [0.1, 0.15) is 21.5 Å². The van der Waals surface area contributed by atoms with Crippen molar-refractivity contribution in [3.05, 3.63) is 63.6 Å². The average Bonchev–Trinajstić information content (AvgIpc) is 2.66. The number of para-hydroxylation sites is 1. The van der Waals surface area contributed by atoms with Crippen LogP contribution in [0.15, 0.2) is 46.9 Å². The first-order valence-electron chi connectivity index (χ1n) is 6.28. The molecule has 3 nitrogen and oxygen atoms in total. The predicted octanol–water partition coefficient (Wildman–Crippen LogP) is 3.49. The summed E-state index contributed by atoms with van der Waals surface area (Å²) in [5.74, 6) is -0.868. The molecule has 0 aromatic heterocycles. The molecule has 4 heteroatoms. The zero-order valence-corrected chi connectivity index (χ0v) is 12.5. The molecule has 3 rings (SSSR count). The van der Waals surface area contributed by atoms with Gasteiger partial charge in [-0.05, 0) is 36.2 Å². The maximum absolute atomic E-state index is 12.2. The second-order valence-electron chi connectivity index (χ2n) is 4.82. The van der Waals surface area contributed by atoms with Crippen LogP contribution in [-0.4, -0.2) is 11.7 Å². The fourth-order valence-corrected chi connectivity index (χ4v) is 2.96. The van der Waals surface area contributed by atoms with Crippen molar-refractivity contribution in [2.75, 3.05) is 4.90 Å². The number of carbonyl (C=O) groups is 2. The summed E-state index contributed by atoms with van der Waals surface area (Å²) >= 11 is 3.41. The molecular formula is C16H12BrNO2. The van der Waals surface area contributed by atoms with Crippen molar-refractivity contribution in [1.82, 2.24) is 0 Å². The molecule has 0 radical (unpaired) electrons. The van der Waals surface area contributed by atoms with Gasteiger partial charge in [0.05, 0.1) is 17.8 Å². The smallest absolute Gasteiger partial charge is 0.299 e. The summed E-state index contributed by atoms with van der Waals surface area (Å²) in [6.07, 6.45) is 0. The molecular weight excluding hydrogens is 318 g/mol. The lowest BCUT2D eigenvalue weighted by Gasteiger charge is -2.18. The molecule has 0 bridgehead atoms. The summed E-state index contributed by atoms with van der Waals surface area (Å²) in [6.45, 7) is 2.32. The van der Waals surface area contributed by atoms with E-state index >= 15 is 0 Å². The monoisotopic (exact) mass is 329 g/mol. The van der Waals surface area contributed by atoms with E-state index in [0.717, 1.165) is 21.3 Å². The van der Waals surface area contributed by atoms with E-state index in [1.165, 1.54) is 0 Å². The van der Waals surface area contributed by atoms with Crippen LogP contribution < -0.4 is 4.90 Å². The van der Waals surface area contributed by atoms with Crippen LogP contribution in [0.25, 0.3) is 0 Å². The summed E-state index contributed by atoms with van der Waals surface area (Å²) in [4.78, 5) is 25.7. The van der Waals surface area contributed by atoms with Crippen molar-refractivity contribution in [2.24, 2.45) is 0 Å². The number of amides is 1. The molecule has 100 valence electrons. The summed E-state index contributed by atoms with van der Waals surface area (Å²) in [7, 11) is 0. The molecule has 2 aromatic carbocycles. The Balaban J connectivity index is 2.03. The molecule has 1 heterocycles. The molecule has 0 aliphatic carbocycles. The number of anilines is 1. The first-order chi connectivity index (χ1) is 9.58. The second-order valence-corrected chi connectivity index (χ2v) is 5.74. The van der Waals surface area contributed by atoms with E-state index in [1.54, 1.807) is 11.0 Å². The Kier molecular flexibility index (Phi) is 3.18. The molecule has 0 fully saturated rings. The largest absolute Gasteiger partial charge is 0.300 e. The number of hydrogen-bond donors (Lipinski definition) is 0. The molecule has 0 saturated carbocycles. The Labute approximate surface area is 125 Å². The van der Waals surface area contributed by atoms with Crippen LogP contribution in [0.3, 0.4) is 0 Å². The Morgan fingerprint density at radius 2 is 1.85 bits per heavy atom. The summed E-state index contributed by atoms with van der Waals surface area (Å²) in [5.41, 5.74) is 3.17. The van der Waals surface area contributed by atoms with Gasteiger partial charge in [-0.2, -0.15) is 0 Å². The lowest BCUT2D eigenvalue weighted by atomic mass is 10.1. The zero-order valence-electron chi connectivity index (χ0n) is 10.9. The van der Waals surface area contributed by atoms with Gasteiger partial charge in [0.15, 0.2) is 0 Å². The molecule has 0 N–H and O–H groups in total. The number of carbonyl (C=O) groups excluding carboxylic acids is 2. The van der Waals surface area contributed by atoms with Gasteiger partial charge in [0.2, 0.25) is 0 Å². The van der Waals surface area contributed by atoms with Gasteiger partial charge in [-0.3, -0.25) is 9.59 Å². The first kappa shape index (κ1) is 13.1. The zero-order chi connectivity index (χ0) is 14.3. The van der Waals surface area contributed by atoms with Gasteiger partial charge in [0, 0.05) is 4.47 Å². The number of benzene rings is 2. The van der Waals surface area contributed by atoms with Gasteiger partial charge in [0.25, 0.3) is 11.7 Å². The van der Waals surface area contributed by atoms with Crippen LogP contribution in [-0.2, 0) is 11.3 Å². The number of fused-ring (bicyclic) bond motifs is 1. The predicted molar refractivity (Wildman–Crippen MR) is 80.8 cm³/mol. The minimum atomic E-state index is -0.450. The van der Waals surface area contributed by atoms with Crippen LogP contribution in [0, 0.1) is 6.92 Å². The van der Waals surface area contributed by atoms with Gasteiger partial charge in [-0.15, -0.1) is 0 Å². The number of rotatable bonds is 2. The van der Waals surface area contributed by atoms with E-state index in [0.29, 0.717) is 12.1 Å². The highest BCUT2D eigenvalue weighted by Crippen LogP contribution is 2.33. The normalized spacial score (nSPS) is 13.8. The third-order valence-corrected chi connectivity index (χ3v) is 3.91. The Morgan fingerprint density at radius 1 is 1.10 bits per heavy atom. The van der Waals surface area contributed by atoms with Crippen molar-refractivity contribution in [3.8, 4) is 0 Å². The molecule has 0 unspecified atom stereocenters. The highest BCUT2D eigenvalue weighted by molar-refractivity contribution is 9.10. The average molecular weight is 330 g/mol. The lowest BCUT2D eigenvalue weighted by molar-refractivity contribution is -0.114.